The third-order valence-corrected chi connectivity index (χ3v) is 13.2. The lowest BCUT2D eigenvalue weighted by Crippen LogP contribution is -2.37. The molecule has 4 heteroatoms. The van der Waals surface area contributed by atoms with Gasteiger partial charge < -0.3 is 9.88 Å². The molecule has 3 nitrogen and oxygen atoms in total. The number of nitrogens with one attached hydrogen (secondary N) is 1. The number of hydrogen-bond acceptors (Lipinski definition) is 3. The van der Waals surface area contributed by atoms with Gasteiger partial charge in [0.2, 0.25) is 0 Å². The fourth-order valence-corrected chi connectivity index (χ4v) is 10.5. The van der Waals surface area contributed by atoms with Gasteiger partial charge in [-0.15, -0.1) is 11.8 Å². The first-order chi connectivity index (χ1) is 27.7. The standard InChI is InChI=1S/C52H39N3S/c1-3-13-34(14-4-1)36-25-27-37(28-26-36)45-33-46(39-18-11-17-38(31-39)35-15-5-2-6-16-35)54-52(53-45)40-29-30-42-41-19-7-9-22-47(41)55(49(42)32-40)48-23-12-21-44-43-20-8-10-24-50(43)56-51(44)48/h1-31,33,40,44-45,51H,32H2,(H,53,54). The SMILES string of the molecule is C1=CC2c3ccccc3SC2C(n2c3c(c4ccccc42)C=CC(C2=NC(c4cccc(-c5ccccc5)c4)=CC(c4ccc(-c5ccccc5)cc4)N2)C3)=C1. The molecular formula is C52H39N3S. The van der Waals surface area contributed by atoms with E-state index in [0.717, 1.165) is 23.5 Å². The van der Waals surface area contributed by atoms with E-state index in [2.05, 4.69) is 204 Å². The first-order valence-electron chi connectivity index (χ1n) is 19.6. The van der Waals surface area contributed by atoms with E-state index in [0.29, 0.717) is 11.2 Å². The lowest BCUT2D eigenvalue weighted by molar-refractivity contribution is 0.698. The maximum Gasteiger partial charge on any atom is 0.110 e. The van der Waals surface area contributed by atoms with E-state index in [1.807, 2.05) is 11.8 Å². The van der Waals surface area contributed by atoms with Crippen molar-refractivity contribution in [2.45, 2.75) is 28.5 Å². The highest BCUT2D eigenvalue weighted by Crippen LogP contribution is 2.53. The van der Waals surface area contributed by atoms with Crippen molar-refractivity contribution in [2.24, 2.45) is 10.9 Å². The van der Waals surface area contributed by atoms with Crippen molar-refractivity contribution in [1.82, 2.24) is 9.88 Å². The molecule has 0 bridgehead atoms. The molecule has 6 aromatic carbocycles. The number of para-hydroxylation sites is 1. The number of hydrogen-bond donors (Lipinski definition) is 1. The maximum atomic E-state index is 5.48. The Kier molecular flexibility index (Phi) is 8.10. The molecule has 4 aliphatic rings. The molecule has 7 aromatic rings. The van der Waals surface area contributed by atoms with E-state index < -0.39 is 0 Å². The average molecular weight is 738 g/mol. The van der Waals surface area contributed by atoms with Crippen LogP contribution in [0.4, 0.5) is 0 Å². The highest BCUT2D eigenvalue weighted by molar-refractivity contribution is 8.00. The summed E-state index contributed by atoms with van der Waals surface area (Å²) in [7, 11) is 0. The average Bonchev–Trinajstić information content (AvgIpc) is 3.83. The number of aromatic nitrogens is 1. The largest absolute Gasteiger partial charge is 0.363 e. The zero-order valence-corrected chi connectivity index (χ0v) is 31.6. The molecule has 0 saturated heterocycles. The second-order valence-corrected chi connectivity index (χ2v) is 16.3. The van der Waals surface area contributed by atoms with Gasteiger partial charge in [0.25, 0.3) is 0 Å². The van der Waals surface area contributed by atoms with E-state index in [9.17, 15) is 0 Å². The van der Waals surface area contributed by atoms with Gasteiger partial charge in [0.15, 0.2) is 0 Å². The van der Waals surface area contributed by atoms with Crippen LogP contribution in [0.2, 0.25) is 0 Å². The second kappa shape index (κ2) is 13.7. The van der Waals surface area contributed by atoms with Crippen molar-refractivity contribution in [3.8, 4) is 22.3 Å². The van der Waals surface area contributed by atoms with Gasteiger partial charge in [-0.1, -0.05) is 164 Å². The van der Waals surface area contributed by atoms with Crippen molar-refractivity contribution >= 4 is 46.0 Å². The number of allylic oxidation sites excluding steroid dienone is 3. The molecule has 268 valence electrons. The minimum absolute atomic E-state index is 0.0382. The number of rotatable bonds is 6. The molecule has 4 unspecified atom stereocenters. The number of thioether (sulfide) groups is 1. The van der Waals surface area contributed by atoms with Crippen molar-refractivity contribution in [3.05, 3.63) is 216 Å². The molecule has 56 heavy (non-hydrogen) atoms. The van der Waals surface area contributed by atoms with Crippen LogP contribution < -0.4 is 5.32 Å². The molecule has 0 fully saturated rings. The highest BCUT2D eigenvalue weighted by Gasteiger charge is 2.38. The zero-order chi connectivity index (χ0) is 37.0. The first kappa shape index (κ1) is 33.0. The molecule has 1 aromatic heterocycles. The number of aliphatic imine (C=N–C) groups is 1. The molecule has 2 aliphatic heterocycles. The number of fused-ring (bicyclic) bond motifs is 6. The Balaban J connectivity index is 0.988. The fourth-order valence-electron chi connectivity index (χ4n) is 9.02. The Labute approximate surface area is 332 Å². The summed E-state index contributed by atoms with van der Waals surface area (Å²) in [6, 6.07) is 56.9. The van der Waals surface area contributed by atoms with Gasteiger partial charge in [0, 0.05) is 51.1 Å². The van der Waals surface area contributed by atoms with Gasteiger partial charge in [-0.3, -0.25) is 0 Å². The van der Waals surface area contributed by atoms with Gasteiger partial charge in [-0.05, 0) is 63.7 Å². The lowest BCUT2D eigenvalue weighted by Gasteiger charge is -2.31. The number of nitrogens with zero attached hydrogens (tertiary/aromatic N) is 2. The summed E-state index contributed by atoms with van der Waals surface area (Å²) in [5, 5.41) is 5.56. The lowest BCUT2D eigenvalue weighted by atomic mass is 9.89. The van der Waals surface area contributed by atoms with Crippen LogP contribution >= 0.6 is 11.8 Å². The molecule has 2 aliphatic carbocycles. The molecule has 11 rings (SSSR count). The van der Waals surface area contributed by atoms with Crippen molar-refractivity contribution in [1.29, 1.82) is 0 Å². The third-order valence-electron chi connectivity index (χ3n) is 11.8. The zero-order valence-electron chi connectivity index (χ0n) is 30.8. The summed E-state index contributed by atoms with van der Waals surface area (Å²) in [4.78, 5) is 6.87. The third kappa shape index (κ3) is 5.72. The van der Waals surface area contributed by atoms with Gasteiger partial charge in [-0.25, -0.2) is 4.99 Å². The summed E-state index contributed by atoms with van der Waals surface area (Å²) in [6.45, 7) is 0. The summed E-state index contributed by atoms with van der Waals surface area (Å²) in [5.41, 5.74) is 14.9. The Bertz CT molecular complexity index is 2790. The van der Waals surface area contributed by atoms with Crippen LogP contribution in [0.3, 0.4) is 0 Å². The summed E-state index contributed by atoms with van der Waals surface area (Å²) >= 11 is 2.01. The van der Waals surface area contributed by atoms with E-state index in [1.165, 1.54) is 66.1 Å². The van der Waals surface area contributed by atoms with Gasteiger partial charge in [-0.2, -0.15) is 0 Å². The number of amidine groups is 1. The molecule has 0 spiro atoms. The Morgan fingerprint density at radius 1 is 0.643 bits per heavy atom. The fraction of sp³-hybridized carbons (Fsp3) is 0.0962. The van der Waals surface area contributed by atoms with Crippen LogP contribution in [0.1, 0.15) is 39.9 Å². The van der Waals surface area contributed by atoms with Crippen LogP contribution in [-0.4, -0.2) is 15.7 Å². The predicted octanol–water partition coefficient (Wildman–Crippen LogP) is 12.6. The molecule has 0 radical (unpaired) electrons. The molecule has 3 heterocycles. The summed E-state index contributed by atoms with van der Waals surface area (Å²) in [5.74, 6) is 1.43. The highest BCUT2D eigenvalue weighted by atomic mass is 32.2. The van der Waals surface area contributed by atoms with E-state index in [1.54, 1.807) is 0 Å². The second-order valence-electron chi connectivity index (χ2n) is 15.1. The van der Waals surface area contributed by atoms with E-state index in [-0.39, 0.29) is 12.0 Å². The Morgan fingerprint density at radius 3 is 2.18 bits per heavy atom. The van der Waals surface area contributed by atoms with Crippen molar-refractivity contribution < 1.29 is 0 Å². The van der Waals surface area contributed by atoms with Gasteiger partial charge in [0.1, 0.15) is 5.84 Å². The van der Waals surface area contributed by atoms with E-state index >= 15 is 0 Å². The van der Waals surface area contributed by atoms with Crippen molar-refractivity contribution in [2.75, 3.05) is 0 Å². The maximum absolute atomic E-state index is 5.48. The predicted molar refractivity (Wildman–Crippen MR) is 235 cm³/mol. The Hall–Kier alpha value is -6.36. The van der Waals surface area contributed by atoms with Gasteiger partial charge >= 0.3 is 0 Å². The molecule has 1 N–H and O–H groups in total. The summed E-state index contributed by atoms with van der Waals surface area (Å²) in [6.07, 6.45) is 14.9. The minimum atomic E-state index is -0.0382. The van der Waals surface area contributed by atoms with Crippen LogP contribution in [0.15, 0.2) is 198 Å². The topological polar surface area (TPSA) is 29.3 Å². The Morgan fingerprint density at radius 2 is 1.34 bits per heavy atom. The molecular weight excluding hydrogens is 699 g/mol. The molecule has 4 atom stereocenters. The van der Waals surface area contributed by atoms with Crippen LogP contribution in [-0.2, 0) is 6.42 Å². The van der Waals surface area contributed by atoms with Gasteiger partial charge in [0.05, 0.1) is 22.5 Å². The number of benzene rings is 6. The first-order valence-corrected chi connectivity index (χ1v) is 20.5. The minimum Gasteiger partial charge on any atom is -0.363 e. The molecule has 0 amide bonds. The smallest absolute Gasteiger partial charge is 0.110 e. The van der Waals surface area contributed by atoms with Crippen molar-refractivity contribution in [3.63, 3.8) is 0 Å². The monoisotopic (exact) mass is 737 g/mol. The normalized spacial score (nSPS) is 20.7. The summed E-state index contributed by atoms with van der Waals surface area (Å²) < 4.78 is 2.59. The van der Waals surface area contributed by atoms with Crippen LogP contribution in [0, 0.1) is 5.92 Å². The molecule has 0 saturated carbocycles. The van der Waals surface area contributed by atoms with E-state index in [4.69, 9.17) is 4.99 Å². The van der Waals surface area contributed by atoms with Crippen LogP contribution in [0.5, 0.6) is 0 Å². The van der Waals surface area contributed by atoms with Crippen LogP contribution in [0.25, 0.3) is 50.6 Å². The quantitative estimate of drug-likeness (QED) is 0.184.